The molecule has 6 heteroatoms. The van der Waals surface area contributed by atoms with Gasteiger partial charge in [-0.25, -0.2) is 9.97 Å². The minimum Gasteiger partial charge on any atom is -0.477 e. The minimum absolute atomic E-state index is 0.0822. The number of ether oxygens (including phenoxy) is 2. The highest BCUT2D eigenvalue weighted by molar-refractivity contribution is 5.79. The first kappa shape index (κ1) is 16.8. The second-order valence-electron chi connectivity index (χ2n) is 7.55. The molecule has 6 nitrogen and oxygen atoms in total. The van der Waals surface area contributed by atoms with Crippen molar-refractivity contribution >= 4 is 5.91 Å². The molecule has 1 aliphatic carbocycles. The average molecular weight is 345 g/mol. The molecule has 0 N–H and O–H groups in total. The number of piperidine rings is 1. The Morgan fingerprint density at radius 1 is 1.20 bits per heavy atom. The highest BCUT2D eigenvalue weighted by Gasteiger charge is 2.30. The fourth-order valence-corrected chi connectivity index (χ4v) is 3.87. The molecule has 3 fully saturated rings. The van der Waals surface area contributed by atoms with Crippen LogP contribution in [0.2, 0.25) is 0 Å². The van der Waals surface area contributed by atoms with Crippen LogP contribution in [0.5, 0.6) is 5.88 Å². The summed E-state index contributed by atoms with van der Waals surface area (Å²) in [5, 5.41) is 0. The van der Waals surface area contributed by atoms with E-state index in [-0.39, 0.29) is 11.8 Å². The first-order valence-corrected chi connectivity index (χ1v) is 9.61. The maximum Gasteiger partial charge on any atom is 0.228 e. The molecular formula is C19H27N3O3. The lowest BCUT2D eigenvalue weighted by molar-refractivity contribution is -0.137. The van der Waals surface area contributed by atoms with Crippen molar-refractivity contribution in [2.75, 3.05) is 32.9 Å². The highest BCUT2D eigenvalue weighted by atomic mass is 16.5. The van der Waals surface area contributed by atoms with Crippen molar-refractivity contribution in [3.63, 3.8) is 0 Å². The van der Waals surface area contributed by atoms with Crippen molar-refractivity contribution in [2.45, 2.75) is 44.4 Å². The van der Waals surface area contributed by atoms with E-state index in [2.05, 4.69) is 9.97 Å². The number of hydrogen-bond donors (Lipinski definition) is 0. The van der Waals surface area contributed by atoms with Crippen LogP contribution < -0.4 is 4.74 Å². The SMILES string of the molecule is O=C(C1CCOC1)N1CCC(COc2cc(C3CCC3)ncn2)CC1. The van der Waals surface area contributed by atoms with E-state index < -0.39 is 0 Å². The van der Waals surface area contributed by atoms with Crippen LogP contribution in [0.25, 0.3) is 0 Å². The second kappa shape index (κ2) is 7.68. The van der Waals surface area contributed by atoms with Gasteiger partial charge in [-0.3, -0.25) is 4.79 Å². The zero-order valence-corrected chi connectivity index (χ0v) is 14.7. The number of carbonyl (C=O) groups excluding carboxylic acids is 1. The van der Waals surface area contributed by atoms with E-state index in [4.69, 9.17) is 9.47 Å². The summed E-state index contributed by atoms with van der Waals surface area (Å²) in [7, 11) is 0. The molecule has 1 aromatic heterocycles. The predicted octanol–water partition coefficient (Wildman–Crippen LogP) is 2.40. The van der Waals surface area contributed by atoms with Crippen LogP contribution in [0.1, 0.15) is 50.1 Å². The number of likely N-dealkylation sites (tertiary alicyclic amines) is 1. The molecule has 136 valence electrons. The molecule has 1 saturated carbocycles. The molecule has 0 radical (unpaired) electrons. The van der Waals surface area contributed by atoms with E-state index in [9.17, 15) is 4.79 Å². The molecule has 0 aromatic carbocycles. The van der Waals surface area contributed by atoms with Crippen molar-refractivity contribution in [1.82, 2.24) is 14.9 Å². The van der Waals surface area contributed by atoms with Crippen molar-refractivity contribution in [3.8, 4) is 5.88 Å². The van der Waals surface area contributed by atoms with E-state index in [0.717, 1.165) is 44.7 Å². The Balaban J connectivity index is 1.23. The van der Waals surface area contributed by atoms with E-state index in [1.54, 1.807) is 6.33 Å². The lowest BCUT2D eigenvalue weighted by Crippen LogP contribution is -2.42. The van der Waals surface area contributed by atoms with E-state index >= 15 is 0 Å². The standard InChI is InChI=1S/C19H27N3O3/c23-19(16-6-9-24-12-16)22-7-4-14(5-8-22)11-25-18-10-17(20-13-21-18)15-2-1-3-15/h10,13-16H,1-9,11-12H2. The summed E-state index contributed by atoms with van der Waals surface area (Å²) in [4.78, 5) is 23.1. The van der Waals surface area contributed by atoms with Crippen LogP contribution >= 0.6 is 0 Å². The van der Waals surface area contributed by atoms with Crippen molar-refractivity contribution < 1.29 is 14.3 Å². The monoisotopic (exact) mass is 345 g/mol. The Bertz CT molecular complexity index is 591. The van der Waals surface area contributed by atoms with E-state index in [1.165, 1.54) is 19.3 Å². The Morgan fingerprint density at radius 2 is 2.04 bits per heavy atom. The third kappa shape index (κ3) is 3.94. The van der Waals surface area contributed by atoms with Crippen molar-refractivity contribution in [2.24, 2.45) is 11.8 Å². The fourth-order valence-electron chi connectivity index (χ4n) is 3.87. The zero-order chi connectivity index (χ0) is 17.1. The van der Waals surface area contributed by atoms with Crippen LogP contribution in [0.3, 0.4) is 0 Å². The molecule has 1 aromatic rings. The van der Waals surface area contributed by atoms with Crippen molar-refractivity contribution in [3.05, 3.63) is 18.1 Å². The minimum atomic E-state index is 0.0822. The molecular weight excluding hydrogens is 318 g/mol. The van der Waals surface area contributed by atoms with Gasteiger partial charge >= 0.3 is 0 Å². The van der Waals surface area contributed by atoms with Crippen LogP contribution in [-0.2, 0) is 9.53 Å². The molecule has 2 saturated heterocycles. The van der Waals surface area contributed by atoms with Gasteiger partial charge in [0.15, 0.2) is 0 Å². The average Bonchev–Trinajstić information content (AvgIpc) is 3.13. The molecule has 25 heavy (non-hydrogen) atoms. The van der Waals surface area contributed by atoms with Crippen LogP contribution in [0.4, 0.5) is 0 Å². The summed E-state index contributed by atoms with van der Waals surface area (Å²) in [5.74, 6) is 2.14. The number of carbonyl (C=O) groups is 1. The third-order valence-corrected chi connectivity index (χ3v) is 5.86. The maximum absolute atomic E-state index is 12.4. The number of amides is 1. The number of nitrogens with zero attached hydrogens (tertiary/aromatic N) is 3. The third-order valence-electron chi connectivity index (χ3n) is 5.86. The van der Waals surface area contributed by atoms with Crippen LogP contribution in [0.15, 0.2) is 12.4 Å². The van der Waals surface area contributed by atoms with Gasteiger partial charge in [-0.2, -0.15) is 0 Å². The Labute approximate surface area is 148 Å². The largest absolute Gasteiger partial charge is 0.477 e. The zero-order valence-electron chi connectivity index (χ0n) is 14.7. The first-order chi connectivity index (χ1) is 12.3. The van der Waals surface area contributed by atoms with Gasteiger partial charge in [-0.05, 0) is 38.0 Å². The molecule has 1 amide bonds. The Morgan fingerprint density at radius 3 is 2.72 bits per heavy atom. The van der Waals surface area contributed by atoms with Gasteiger partial charge < -0.3 is 14.4 Å². The van der Waals surface area contributed by atoms with Crippen LogP contribution in [-0.4, -0.2) is 53.7 Å². The normalized spacial score (nSPS) is 25.0. The maximum atomic E-state index is 12.4. The Hall–Kier alpha value is -1.69. The predicted molar refractivity (Wildman–Crippen MR) is 92.3 cm³/mol. The summed E-state index contributed by atoms with van der Waals surface area (Å²) in [6.07, 6.45) is 8.26. The fraction of sp³-hybridized carbons (Fsp3) is 0.737. The summed E-state index contributed by atoms with van der Waals surface area (Å²) in [6.45, 7) is 3.66. The van der Waals surface area contributed by atoms with Gasteiger partial charge in [0.25, 0.3) is 0 Å². The Kier molecular flexibility index (Phi) is 5.15. The quantitative estimate of drug-likeness (QED) is 0.820. The van der Waals surface area contributed by atoms with E-state index in [1.807, 2.05) is 11.0 Å². The lowest BCUT2D eigenvalue weighted by atomic mass is 9.83. The second-order valence-corrected chi connectivity index (χ2v) is 7.55. The summed E-state index contributed by atoms with van der Waals surface area (Å²) < 4.78 is 11.3. The first-order valence-electron chi connectivity index (χ1n) is 9.61. The highest BCUT2D eigenvalue weighted by Crippen LogP contribution is 2.35. The summed E-state index contributed by atoms with van der Waals surface area (Å²) >= 11 is 0. The topological polar surface area (TPSA) is 64.5 Å². The van der Waals surface area contributed by atoms with Gasteiger partial charge in [0.1, 0.15) is 6.33 Å². The summed E-state index contributed by atoms with van der Waals surface area (Å²) in [6, 6.07) is 2.00. The molecule has 4 rings (SSSR count). The summed E-state index contributed by atoms with van der Waals surface area (Å²) in [5.41, 5.74) is 1.12. The molecule has 2 aliphatic heterocycles. The van der Waals surface area contributed by atoms with Gasteiger partial charge in [0.05, 0.1) is 24.8 Å². The van der Waals surface area contributed by atoms with Gasteiger partial charge in [-0.15, -0.1) is 0 Å². The van der Waals surface area contributed by atoms with E-state index in [0.29, 0.717) is 30.9 Å². The van der Waals surface area contributed by atoms with Gasteiger partial charge in [0, 0.05) is 31.7 Å². The molecule has 0 spiro atoms. The molecule has 1 atom stereocenters. The van der Waals surface area contributed by atoms with Crippen LogP contribution in [0, 0.1) is 11.8 Å². The van der Waals surface area contributed by atoms with Gasteiger partial charge in [-0.1, -0.05) is 6.42 Å². The molecule has 1 unspecified atom stereocenters. The molecule has 0 bridgehead atoms. The molecule has 3 heterocycles. The van der Waals surface area contributed by atoms with Crippen molar-refractivity contribution in [1.29, 1.82) is 0 Å². The smallest absolute Gasteiger partial charge is 0.228 e. The number of rotatable bonds is 5. The molecule has 3 aliphatic rings. The number of hydrogen-bond acceptors (Lipinski definition) is 5. The lowest BCUT2D eigenvalue weighted by Gasteiger charge is -2.33. The number of aromatic nitrogens is 2. The van der Waals surface area contributed by atoms with Gasteiger partial charge in [0.2, 0.25) is 11.8 Å².